The van der Waals surface area contributed by atoms with Gasteiger partial charge >= 0.3 is 0 Å². The van der Waals surface area contributed by atoms with E-state index in [1.165, 1.54) is 36.0 Å². The summed E-state index contributed by atoms with van der Waals surface area (Å²) >= 11 is 1.31. The van der Waals surface area contributed by atoms with Gasteiger partial charge in [0.05, 0.1) is 15.7 Å². The maximum atomic E-state index is 13.3. The summed E-state index contributed by atoms with van der Waals surface area (Å²) in [5, 5.41) is 22.8. The number of anilines is 2. The third-order valence-electron chi connectivity index (χ3n) is 5.64. The first-order valence-electron chi connectivity index (χ1n) is 12.3. The van der Waals surface area contributed by atoms with Crippen LogP contribution >= 0.6 is 11.8 Å². The first kappa shape index (κ1) is 28.8. The van der Waals surface area contributed by atoms with Gasteiger partial charge in [-0.1, -0.05) is 35.5 Å². The SMILES string of the molecule is Cc1cc(NC(=O)C(C)Sc2ccc(NC(=O)/C(=C/c3ccccc3[N+](=O)[O-])NC(=O)c3ccccc3)cc2)no1. The molecule has 1 heterocycles. The van der Waals surface area contributed by atoms with Crippen molar-refractivity contribution in [3.05, 3.63) is 118 Å². The van der Waals surface area contributed by atoms with Crippen LogP contribution in [0, 0.1) is 17.0 Å². The van der Waals surface area contributed by atoms with Crippen molar-refractivity contribution in [2.75, 3.05) is 10.6 Å². The molecule has 1 aromatic heterocycles. The molecule has 0 aliphatic carbocycles. The largest absolute Gasteiger partial charge is 0.360 e. The number of benzene rings is 3. The molecule has 12 heteroatoms. The van der Waals surface area contributed by atoms with Crippen LogP contribution in [0.2, 0.25) is 0 Å². The molecule has 11 nitrogen and oxygen atoms in total. The molecule has 1 unspecified atom stereocenters. The van der Waals surface area contributed by atoms with Crippen LogP contribution in [0.3, 0.4) is 0 Å². The van der Waals surface area contributed by atoms with Crippen LogP contribution in [0.1, 0.15) is 28.6 Å². The minimum absolute atomic E-state index is 0.149. The lowest BCUT2D eigenvalue weighted by Gasteiger charge is -2.13. The number of carbonyl (C=O) groups excluding carboxylic acids is 3. The lowest BCUT2D eigenvalue weighted by atomic mass is 10.1. The molecule has 0 fully saturated rings. The van der Waals surface area contributed by atoms with Crippen molar-refractivity contribution in [1.82, 2.24) is 10.5 Å². The van der Waals surface area contributed by atoms with E-state index in [-0.39, 0.29) is 22.9 Å². The quantitative estimate of drug-likeness (QED) is 0.0986. The highest BCUT2D eigenvalue weighted by Crippen LogP contribution is 2.26. The summed E-state index contributed by atoms with van der Waals surface area (Å²) in [5.74, 6) is -0.562. The number of nitro benzene ring substituents is 1. The van der Waals surface area contributed by atoms with E-state index in [0.717, 1.165) is 4.90 Å². The average molecular weight is 572 g/mol. The molecule has 3 amide bonds. The van der Waals surface area contributed by atoms with Gasteiger partial charge < -0.3 is 20.5 Å². The minimum atomic E-state index is -0.677. The van der Waals surface area contributed by atoms with Crippen molar-refractivity contribution in [3.63, 3.8) is 0 Å². The monoisotopic (exact) mass is 571 g/mol. The molecule has 0 saturated carbocycles. The van der Waals surface area contributed by atoms with Crippen LogP contribution in [0.4, 0.5) is 17.2 Å². The molecule has 0 bridgehead atoms. The Morgan fingerprint density at radius 1 is 0.976 bits per heavy atom. The molecule has 0 radical (unpaired) electrons. The van der Waals surface area contributed by atoms with Crippen LogP contribution in [0.25, 0.3) is 6.08 Å². The summed E-state index contributed by atoms with van der Waals surface area (Å²) in [7, 11) is 0. The van der Waals surface area contributed by atoms with E-state index in [1.807, 2.05) is 0 Å². The predicted octanol–water partition coefficient (Wildman–Crippen LogP) is 5.42. The smallest absolute Gasteiger partial charge is 0.276 e. The molecule has 0 saturated heterocycles. The number of nitrogens with one attached hydrogen (secondary N) is 3. The second kappa shape index (κ2) is 13.2. The summed E-state index contributed by atoms with van der Waals surface area (Å²) in [6.07, 6.45) is 1.26. The van der Waals surface area contributed by atoms with E-state index in [9.17, 15) is 24.5 Å². The van der Waals surface area contributed by atoms with Gasteiger partial charge in [-0.15, -0.1) is 11.8 Å². The minimum Gasteiger partial charge on any atom is -0.360 e. The molecular formula is C29H25N5O6S. The number of hydrogen-bond donors (Lipinski definition) is 3. The Bertz CT molecular complexity index is 1600. The Labute approximate surface area is 239 Å². The normalized spacial score (nSPS) is 11.8. The second-order valence-corrected chi connectivity index (χ2v) is 10.2. The highest BCUT2D eigenvalue weighted by atomic mass is 32.2. The van der Waals surface area contributed by atoms with Crippen LogP contribution < -0.4 is 16.0 Å². The number of hydrogen-bond acceptors (Lipinski definition) is 8. The van der Waals surface area contributed by atoms with E-state index in [0.29, 0.717) is 22.8 Å². The van der Waals surface area contributed by atoms with E-state index in [4.69, 9.17) is 4.52 Å². The van der Waals surface area contributed by atoms with Gasteiger partial charge in [-0.2, -0.15) is 0 Å². The summed E-state index contributed by atoms with van der Waals surface area (Å²) in [5.41, 5.74) is 0.477. The molecule has 208 valence electrons. The number of nitrogens with zero attached hydrogens (tertiary/aromatic N) is 2. The lowest BCUT2D eigenvalue weighted by molar-refractivity contribution is -0.385. The van der Waals surface area contributed by atoms with Crippen LogP contribution in [0.5, 0.6) is 0 Å². The van der Waals surface area contributed by atoms with Crippen molar-refractivity contribution in [2.45, 2.75) is 24.0 Å². The third-order valence-corrected chi connectivity index (χ3v) is 6.75. The number of thioether (sulfide) groups is 1. The fourth-order valence-electron chi connectivity index (χ4n) is 3.60. The molecule has 1 atom stereocenters. The Morgan fingerprint density at radius 2 is 1.66 bits per heavy atom. The predicted molar refractivity (Wildman–Crippen MR) is 155 cm³/mol. The summed E-state index contributed by atoms with van der Waals surface area (Å²) in [4.78, 5) is 50.3. The number of carbonyl (C=O) groups is 3. The van der Waals surface area contributed by atoms with Crippen LogP contribution in [-0.4, -0.2) is 33.1 Å². The Kier molecular flexibility index (Phi) is 9.28. The number of aromatic nitrogens is 1. The first-order chi connectivity index (χ1) is 19.7. The highest BCUT2D eigenvalue weighted by molar-refractivity contribution is 8.00. The molecule has 0 aliphatic rings. The Balaban J connectivity index is 1.48. The van der Waals surface area contributed by atoms with Gasteiger partial charge in [0.25, 0.3) is 17.5 Å². The number of amides is 3. The van der Waals surface area contributed by atoms with Gasteiger partial charge in [0.1, 0.15) is 11.5 Å². The molecular weight excluding hydrogens is 546 g/mol. The number of rotatable bonds is 10. The van der Waals surface area contributed by atoms with E-state index < -0.39 is 22.0 Å². The fraction of sp³-hybridized carbons (Fsp3) is 0.103. The summed E-state index contributed by atoms with van der Waals surface area (Å²) in [6, 6.07) is 22.6. The van der Waals surface area contributed by atoms with Crippen molar-refractivity contribution < 1.29 is 23.8 Å². The first-order valence-corrected chi connectivity index (χ1v) is 13.2. The zero-order chi connectivity index (χ0) is 29.4. The van der Waals surface area contributed by atoms with E-state index in [1.54, 1.807) is 80.6 Å². The number of aryl methyl sites for hydroxylation is 1. The zero-order valence-corrected chi connectivity index (χ0v) is 22.8. The summed E-state index contributed by atoms with van der Waals surface area (Å²) < 4.78 is 4.96. The van der Waals surface area contributed by atoms with Crippen molar-refractivity contribution in [3.8, 4) is 0 Å². The van der Waals surface area contributed by atoms with Crippen LogP contribution in [0.15, 0.2) is 100 Å². The number of para-hydroxylation sites is 1. The maximum Gasteiger partial charge on any atom is 0.276 e. The van der Waals surface area contributed by atoms with Gasteiger partial charge in [0.2, 0.25) is 5.91 Å². The molecule has 4 rings (SSSR count). The van der Waals surface area contributed by atoms with Crippen LogP contribution in [-0.2, 0) is 9.59 Å². The second-order valence-electron chi connectivity index (χ2n) is 8.74. The molecule has 4 aromatic rings. The van der Waals surface area contributed by atoms with Gasteiger partial charge in [0.15, 0.2) is 5.82 Å². The summed E-state index contributed by atoms with van der Waals surface area (Å²) in [6.45, 7) is 3.47. The molecule has 41 heavy (non-hydrogen) atoms. The Morgan fingerprint density at radius 3 is 2.32 bits per heavy atom. The van der Waals surface area contributed by atoms with Crippen molar-refractivity contribution in [1.29, 1.82) is 0 Å². The highest BCUT2D eigenvalue weighted by Gasteiger charge is 2.19. The standard InChI is InChI=1S/C29H25N5O6S/c1-18-16-26(33-40-18)32-27(35)19(2)41-23-14-12-22(13-15-23)30-29(37)24(31-28(36)20-8-4-3-5-9-20)17-21-10-6-7-11-25(21)34(38)39/h3-17,19H,1-2H3,(H,30,37)(H,31,36)(H,32,33,35)/b24-17-. The molecule has 0 spiro atoms. The maximum absolute atomic E-state index is 13.3. The Hall–Kier alpha value is -5.23. The van der Waals surface area contributed by atoms with Gasteiger partial charge in [-0.05, 0) is 62.4 Å². The van der Waals surface area contributed by atoms with Gasteiger partial charge in [0, 0.05) is 28.3 Å². The van der Waals surface area contributed by atoms with E-state index >= 15 is 0 Å². The topological polar surface area (TPSA) is 156 Å². The van der Waals surface area contributed by atoms with Gasteiger partial charge in [-0.3, -0.25) is 24.5 Å². The average Bonchev–Trinajstić information content (AvgIpc) is 3.38. The molecule has 3 N–H and O–H groups in total. The molecule has 0 aliphatic heterocycles. The molecule has 3 aromatic carbocycles. The van der Waals surface area contributed by atoms with Crippen molar-refractivity contribution >= 4 is 52.8 Å². The zero-order valence-electron chi connectivity index (χ0n) is 22.0. The van der Waals surface area contributed by atoms with Crippen molar-refractivity contribution in [2.24, 2.45) is 0 Å². The van der Waals surface area contributed by atoms with E-state index in [2.05, 4.69) is 21.1 Å². The number of nitro groups is 1. The van der Waals surface area contributed by atoms with Gasteiger partial charge in [-0.25, -0.2) is 0 Å². The fourth-order valence-corrected chi connectivity index (χ4v) is 4.47. The lowest BCUT2D eigenvalue weighted by Crippen LogP contribution is -2.30. The third kappa shape index (κ3) is 7.90.